The van der Waals surface area contributed by atoms with E-state index in [2.05, 4.69) is 17.6 Å². The minimum Gasteiger partial charge on any atom is -0.352 e. The van der Waals surface area contributed by atoms with Crippen molar-refractivity contribution in [2.75, 3.05) is 6.54 Å². The van der Waals surface area contributed by atoms with Crippen LogP contribution in [0.4, 0.5) is 4.39 Å². The van der Waals surface area contributed by atoms with E-state index in [1.54, 1.807) is 6.07 Å². The smallest absolute Gasteiger partial charge is 0.230 e. The Bertz CT molecular complexity index is 527. The van der Waals surface area contributed by atoms with Crippen molar-refractivity contribution < 1.29 is 9.18 Å². The van der Waals surface area contributed by atoms with Gasteiger partial charge in [-0.2, -0.15) is 0 Å². The summed E-state index contributed by atoms with van der Waals surface area (Å²) in [5.74, 6) is -0.180. The molecule has 2 atom stereocenters. The number of nitrogens with one attached hydrogen (secondary N) is 2. The first-order valence-corrected chi connectivity index (χ1v) is 7.90. The van der Waals surface area contributed by atoms with Crippen molar-refractivity contribution in [2.24, 2.45) is 0 Å². The molecule has 1 aliphatic carbocycles. The van der Waals surface area contributed by atoms with Gasteiger partial charge in [0.15, 0.2) is 0 Å². The first-order valence-electron chi connectivity index (χ1n) is 7.90. The quantitative estimate of drug-likeness (QED) is 0.898. The third-order valence-corrected chi connectivity index (χ3v) is 4.98. The van der Waals surface area contributed by atoms with Crippen molar-refractivity contribution in [1.29, 1.82) is 0 Å². The van der Waals surface area contributed by atoms with Crippen LogP contribution in [0.3, 0.4) is 0 Å². The Hall–Kier alpha value is -1.42. The molecule has 4 heteroatoms. The summed E-state index contributed by atoms with van der Waals surface area (Å²) in [6, 6.07) is 7.21. The molecule has 1 aromatic rings. The maximum absolute atomic E-state index is 13.5. The highest BCUT2D eigenvalue weighted by molar-refractivity contribution is 5.89. The predicted molar refractivity (Wildman–Crippen MR) is 80.6 cm³/mol. The second-order valence-electron chi connectivity index (χ2n) is 6.50. The van der Waals surface area contributed by atoms with Crippen LogP contribution >= 0.6 is 0 Å². The van der Waals surface area contributed by atoms with Crippen molar-refractivity contribution in [3.63, 3.8) is 0 Å². The van der Waals surface area contributed by atoms with Crippen LogP contribution in [0.2, 0.25) is 0 Å². The van der Waals surface area contributed by atoms with Crippen molar-refractivity contribution in [3.05, 3.63) is 35.6 Å². The number of amides is 1. The van der Waals surface area contributed by atoms with E-state index in [1.165, 1.54) is 12.1 Å². The van der Waals surface area contributed by atoms with Crippen LogP contribution in [0.1, 0.15) is 44.6 Å². The molecule has 2 fully saturated rings. The minimum atomic E-state index is -0.504. The lowest BCUT2D eigenvalue weighted by molar-refractivity contribution is -0.130. The Morgan fingerprint density at radius 1 is 1.43 bits per heavy atom. The van der Waals surface area contributed by atoms with Crippen LogP contribution in [0.25, 0.3) is 0 Å². The standard InChI is InChI=1S/C17H23FN2O/c1-12-10-15(6-9-19-12)20-16(21)17(7-3-8-17)13-4-2-5-14(18)11-13/h2,4-5,11-12,15,19H,3,6-10H2,1H3,(H,20,21). The number of rotatable bonds is 3. The van der Waals surface area contributed by atoms with Crippen LogP contribution in [0.15, 0.2) is 24.3 Å². The zero-order valence-electron chi connectivity index (χ0n) is 12.5. The van der Waals surface area contributed by atoms with Crippen LogP contribution in [-0.2, 0) is 10.2 Å². The lowest BCUT2D eigenvalue weighted by Gasteiger charge is -2.42. The molecule has 114 valence electrons. The van der Waals surface area contributed by atoms with E-state index in [0.717, 1.165) is 44.2 Å². The SMILES string of the molecule is CC1CC(NC(=O)C2(c3cccc(F)c3)CCC2)CCN1. The van der Waals surface area contributed by atoms with Gasteiger partial charge in [0, 0.05) is 12.1 Å². The molecule has 0 bridgehead atoms. The van der Waals surface area contributed by atoms with Crippen LogP contribution in [0, 0.1) is 5.82 Å². The van der Waals surface area contributed by atoms with Crippen molar-refractivity contribution in [3.8, 4) is 0 Å². The molecule has 1 saturated heterocycles. The first-order chi connectivity index (χ1) is 10.1. The molecule has 0 radical (unpaired) electrons. The van der Waals surface area contributed by atoms with E-state index in [4.69, 9.17) is 0 Å². The molecule has 2 unspecified atom stereocenters. The van der Waals surface area contributed by atoms with Gasteiger partial charge in [-0.25, -0.2) is 4.39 Å². The molecule has 1 amide bonds. The highest BCUT2D eigenvalue weighted by Crippen LogP contribution is 2.44. The largest absolute Gasteiger partial charge is 0.352 e. The van der Waals surface area contributed by atoms with Gasteiger partial charge in [-0.1, -0.05) is 18.6 Å². The zero-order valence-corrected chi connectivity index (χ0v) is 12.5. The third kappa shape index (κ3) is 2.82. The zero-order chi connectivity index (χ0) is 14.9. The van der Waals surface area contributed by atoms with E-state index in [-0.39, 0.29) is 17.8 Å². The van der Waals surface area contributed by atoms with Crippen LogP contribution < -0.4 is 10.6 Å². The van der Waals surface area contributed by atoms with E-state index in [9.17, 15) is 9.18 Å². The Labute approximate surface area is 125 Å². The second kappa shape index (κ2) is 5.76. The highest BCUT2D eigenvalue weighted by Gasteiger charge is 2.46. The van der Waals surface area contributed by atoms with Gasteiger partial charge >= 0.3 is 0 Å². The van der Waals surface area contributed by atoms with Gasteiger partial charge in [-0.15, -0.1) is 0 Å². The van der Waals surface area contributed by atoms with Gasteiger partial charge in [0.1, 0.15) is 5.82 Å². The number of hydrogen-bond donors (Lipinski definition) is 2. The summed E-state index contributed by atoms with van der Waals surface area (Å²) in [7, 11) is 0. The molecule has 2 N–H and O–H groups in total. The fraction of sp³-hybridized carbons (Fsp3) is 0.588. The summed E-state index contributed by atoms with van der Waals surface area (Å²) < 4.78 is 13.5. The molecule has 21 heavy (non-hydrogen) atoms. The Kier molecular flexibility index (Phi) is 3.98. The van der Waals surface area contributed by atoms with Gasteiger partial charge < -0.3 is 10.6 Å². The molecular weight excluding hydrogens is 267 g/mol. The highest BCUT2D eigenvalue weighted by atomic mass is 19.1. The number of benzene rings is 1. The van der Waals surface area contributed by atoms with E-state index < -0.39 is 5.41 Å². The van der Waals surface area contributed by atoms with Crippen LogP contribution in [0.5, 0.6) is 0 Å². The van der Waals surface area contributed by atoms with Crippen molar-refractivity contribution >= 4 is 5.91 Å². The van der Waals surface area contributed by atoms with Gasteiger partial charge in [0.25, 0.3) is 0 Å². The van der Waals surface area contributed by atoms with Gasteiger partial charge in [-0.05, 0) is 56.8 Å². The monoisotopic (exact) mass is 290 g/mol. The fourth-order valence-corrected chi connectivity index (χ4v) is 3.55. The maximum Gasteiger partial charge on any atom is 0.230 e. The number of carbonyl (C=O) groups is 1. The Morgan fingerprint density at radius 2 is 2.24 bits per heavy atom. The lowest BCUT2D eigenvalue weighted by Crippen LogP contribution is -2.54. The normalized spacial score (nSPS) is 27.7. The minimum absolute atomic E-state index is 0.0819. The van der Waals surface area contributed by atoms with Gasteiger partial charge in [0.2, 0.25) is 5.91 Å². The third-order valence-electron chi connectivity index (χ3n) is 4.98. The maximum atomic E-state index is 13.5. The second-order valence-corrected chi connectivity index (χ2v) is 6.50. The summed E-state index contributed by atoms with van der Waals surface area (Å²) in [6.45, 7) is 3.09. The Morgan fingerprint density at radius 3 is 2.86 bits per heavy atom. The average molecular weight is 290 g/mol. The molecule has 1 heterocycles. The van der Waals surface area contributed by atoms with Crippen LogP contribution in [-0.4, -0.2) is 24.5 Å². The molecule has 3 nitrogen and oxygen atoms in total. The molecular formula is C17H23FN2O. The van der Waals surface area contributed by atoms with Crippen molar-refractivity contribution in [2.45, 2.75) is 56.5 Å². The fourth-order valence-electron chi connectivity index (χ4n) is 3.55. The summed E-state index contributed by atoms with van der Waals surface area (Å²) in [5.41, 5.74) is 0.323. The molecule has 1 aliphatic heterocycles. The molecule has 0 spiro atoms. The molecule has 1 aromatic carbocycles. The average Bonchev–Trinajstić information content (AvgIpc) is 2.37. The topological polar surface area (TPSA) is 41.1 Å². The molecule has 1 saturated carbocycles. The Balaban J connectivity index is 1.75. The summed E-state index contributed by atoms with van der Waals surface area (Å²) in [5, 5.41) is 6.60. The number of hydrogen-bond acceptors (Lipinski definition) is 2. The molecule has 2 aliphatic rings. The first kappa shape index (κ1) is 14.5. The van der Waals surface area contributed by atoms with Gasteiger partial charge in [0.05, 0.1) is 5.41 Å². The number of piperidine rings is 1. The van der Waals surface area contributed by atoms with E-state index >= 15 is 0 Å². The predicted octanol–water partition coefficient (Wildman–Crippen LogP) is 2.50. The van der Waals surface area contributed by atoms with E-state index in [0.29, 0.717) is 6.04 Å². The summed E-state index contributed by atoms with van der Waals surface area (Å²) in [6.07, 6.45) is 4.61. The van der Waals surface area contributed by atoms with Gasteiger partial charge in [-0.3, -0.25) is 4.79 Å². The number of carbonyl (C=O) groups excluding carboxylic acids is 1. The lowest BCUT2D eigenvalue weighted by atomic mass is 9.63. The number of halogens is 1. The van der Waals surface area contributed by atoms with E-state index in [1.807, 2.05) is 6.07 Å². The summed E-state index contributed by atoms with van der Waals surface area (Å²) >= 11 is 0. The van der Waals surface area contributed by atoms with Crippen molar-refractivity contribution in [1.82, 2.24) is 10.6 Å². The summed E-state index contributed by atoms with van der Waals surface area (Å²) in [4.78, 5) is 12.8. The molecule has 0 aromatic heterocycles. The molecule has 3 rings (SSSR count).